The molecule has 1 heterocycles. The topological polar surface area (TPSA) is 63.8 Å². The summed E-state index contributed by atoms with van der Waals surface area (Å²) in [5.41, 5.74) is 8.43. The molecule has 3 N–H and O–H groups in total. The van der Waals surface area contributed by atoms with Crippen LogP contribution >= 0.6 is 11.6 Å². The highest BCUT2D eigenvalue weighted by molar-refractivity contribution is 6.30. The van der Waals surface area contributed by atoms with E-state index in [2.05, 4.69) is 4.98 Å². The second-order valence-electron chi connectivity index (χ2n) is 4.02. The van der Waals surface area contributed by atoms with Gasteiger partial charge in [-0.3, -0.25) is 4.57 Å². The molecule has 5 heteroatoms. The zero-order valence-electron chi connectivity index (χ0n) is 9.35. The molecule has 0 radical (unpaired) electrons. The maximum Gasteiger partial charge on any atom is 0.331 e. The second-order valence-corrected chi connectivity index (χ2v) is 4.46. The number of halogens is 1. The van der Waals surface area contributed by atoms with Crippen LogP contribution in [0.25, 0.3) is 16.7 Å². The SMILES string of the molecule is Nc1ccc2[nH]c(=O)n(-c3ccc(Cl)cc3)c2c1. The average molecular weight is 260 g/mol. The predicted octanol–water partition coefficient (Wildman–Crippen LogP) is 2.55. The molecule has 0 atom stereocenters. The number of hydrogen-bond donors (Lipinski definition) is 2. The van der Waals surface area contributed by atoms with E-state index >= 15 is 0 Å². The predicted molar refractivity (Wildman–Crippen MR) is 73.3 cm³/mol. The van der Waals surface area contributed by atoms with E-state index in [4.69, 9.17) is 17.3 Å². The second kappa shape index (κ2) is 3.92. The summed E-state index contributed by atoms with van der Waals surface area (Å²) < 4.78 is 1.57. The van der Waals surface area contributed by atoms with E-state index in [1.165, 1.54) is 0 Å². The molecule has 4 nitrogen and oxygen atoms in total. The van der Waals surface area contributed by atoms with Gasteiger partial charge >= 0.3 is 5.69 Å². The largest absolute Gasteiger partial charge is 0.399 e. The molecule has 0 amide bonds. The summed E-state index contributed by atoms with van der Waals surface area (Å²) in [6.07, 6.45) is 0. The Morgan fingerprint density at radius 1 is 1.11 bits per heavy atom. The van der Waals surface area contributed by atoms with Crippen molar-refractivity contribution in [2.24, 2.45) is 0 Å². The number of aromatic amines is 1. The molecule has 18 heavy (non-hydrogen) atoms. The van der Waals surface area contributed by atoms with Gasteiger partial charge in [-0.2, -0.15) is 0 Å². The van der Waals surface area contributed by atoms with E-state index in [1.54, 1.807) is 47.0 Å². The molecule has 0 spiro atoms. The lowest BCUT2D eigenvalue weighted by atomic mass is 10.2. The summed E-state index contributed by atoms with van der Waals surface area (Å²) in [5, 5.41) is 0.631. The van der Waals surface area contributed by atoms with Crippen LogP contribution in [0.5, 0.6) is 0 Å². The molecular weight excluding hydrogens is 250 g/mol. The van der Waals surface area contributed by atoms with Crippen LogP contribution < -0.4 is 11.4 Å². The Balaban J connectivity index is 2.34. The Morgan fingerprint density at radius 2 is 1.83 bits per heavy atom. The Kier molecular flexibility index (Phi) is 2.38. The number of H-pyrrole nitrogens is 1. The number of imidazole rings is 1. The Bertz CT molecular complexity index is 771. The van der Waals surface area contributed by atoms with Crippen LogP contribution in [-0.2, 0) is 0 Å². The van der Waals surface area contributed by atoms with E-state index in [0.717, 1.165) is 16.7 Å². The number of nitrogens with zero attached hydrogens (tertiary/aromatic N) is 1. The van der Waals surface area contributed by atoms with Crippen LogP contribution in [0.1, 0.15) is 0 Å². The molecule has 3 rings (SSSR count). The van der Waals surface area contributed by atoms with Gasteiger partial charge in [-0.25, -0.2) is 4.79 Å². The van der Waals surface area contributed by atoms with Crippen molar-refractivity contribution >= 4 is 28.3 Å². The Morgan fingerprint density at radius 3 is 2.56 bits per heavy atom. The quantitative estimate of drug-likeness (QED) is 0.660. The molecule has 0 unspecified atom stereocenters. The number of nitrogen functional groups attached to an aromatic ring is 1. The molecule has 0 aliphatic rings. The fourth-order valence-corrected chi connectivity index (χ4v) is 2.09. The smallest absolute Gasteiger partial charge is 0.331 e. The number of fused-ring (bicyclic) bond motifs is 1. The van der Waals surface area contributed by atoms with Gasteiger partial charge in [-0.15, -0.1) is 0 Å². The lowest BCUT2D eigenvalue weighted by Gasteiger charge is -2.03. The molecule has 1 aromatic heterocycles. The molecule has 0 fully saturated rings. The number of anilines is 1. The van der Waals surface area contributed by atoms with Crippen molar-refractivity contribution in [3.8, 4) is 5.69 Å². The maximum absolute atomic E-state index is 12.0. The zero-order chi connectivity index (χ0) is 12.7. The summed E-state index contributed by atoms with van der Waals surface area (Å²) in [5.74, 6) is 0. The van der Waals surface area contributed by atoms with Crippen molar-refractivity contribution in [1.82, 2.24) is 9.55 Å². The van der Waals surface area contributed by atoms with E-state index in [-0.39, 0.29) is 5.69 Å². The standard InChI is InChI=1S/C13H10ClN3O/c14-8-1-4-10(5-2-8)17-12-7-9(15)3-6-11(12)16-13(17)18/h1-7H,15H2,(H,16,18). The van der Waals surface area contributed by atoms with Gasteiger partial charge < -0.3 is 10.7 Å². The van der Waals surface area contributed by atoms with Crippen LogP contribution in [0.3, 0.4) is 0 Å². The Hall–Kier alpha value is -2.20. The van der Waals surface area contributed by atoms with Crippen molar-refractivity contribution in [1.29, 1.82) is 0 Å². The van der Waals surface area contributed by atoms with Crippen molar-refractivity contribution in [2.45, 2.75) is 0 Å². The van der Waals surface area contributed by atoms with Gasteiger partial charge in [0.2, 0.25) is 0 Å². The lowest BCUT2D eigenvalue weighted by Crippen LogP contribution is -2.14. The third-order valence-electron chi connectivity index (χ3n) is 2.79. The van der Waals surface area contributed by atoms with E-state index < -0.39 is 0 Å². The number of nitrogens with one attached hydrogen (secondary N) is 1. The number of benzene rings is 2. The number of rotatable bonds is 1. The van der Waals surface area contributed by atoms with Gasteiger partial charge in [-0.1, -0.05) is 11.6 Å². The van der Waals surface area contributed by atoms with Gasteiger partial charge in [0.15, 0.2) is 0 Å². The van der Waals surface area contributed by atoms with Gasteiger partial charge in [0.25, 0.3) is 0 Å². The molecule has 0 saturated heterocycles. The number of hydrogen-bond acceptors (Lipinski definition) is 2. The minimum atomic E-state index is -0.196. The summed E-state index contributed by atoms with van der Waals surface area (Å²) in [7, 11) is 0. The number of nitrogens with two attached hydrogens (primary N) is 1. The van der Waals surface area contributed by atoms with E-state index in [9.17, 15) is 4.79 Å². The van der Waals surface area contributed by atoms with E-state index in [0.29, 0.717) is 10.7 Å². The molecule has 0 aliphatic heterocycles. The molecule has 0 aliphatic carbocycles. The van der Waals surface area contributed by atoms with Crippen molar-refractivity contribution in [3.05, 3.63) is 58.0 Å². The average Bonchev–Trinajstić information content (AvgIpc) is 2.66. The molecule has 2 aromatic carbocycles. The minimum Gasteiger partial charge on any atom is -0.399 e. The Labute approximate surface area is 108 Å². The zero-order valence-corrected chi connectivity index (χ0v) is 10.1. The minimum absolute atomic E-state index is 0.196. The fourth-order valence-electron chi connectivity index (χ4n) is 1.97. The first-order chi connectivity index (χ1) is 8.65. The van der Waals surface area contributed by atoms with Gasteiger partial charge in [0.1, 0.15) is 0 Å². The van der Waals surface area contributed by atoms with Crippen LogP contribution in [0.4, 0.5) is 5.69 Å². The third kappa shape index (κ3) is 1.67. The molecule has 0 saturated carbocycles. The van der Waals surface area contributed by atoms with Gasteiger partial charge in [0, 0.05) is 10.7 Å². The molecule has 0 bridgehead atoms. The maximum atomic E-state index is 12.0. The van der Waals surface area contributed by atoms with E-state index in [1.807, 2.05) is 0 Å². The molecule has 3 aromatic rings. The molecule has 90 valence electrons. The monoisotopic (exact) mass is 259 g/mol. The highest BCUT2D eigenvalue weighted by Crippen LogP contribution is 2.19. The highest BCUT2D eigenvalue weighted by Gasteiger charge is 2.08. The summed E-state index contributed by atoms with van der Waals surface area (Å²) in [4.78, 5) is 14.8. The van der Waals surface area contributed by atoms with Gasteiger partial charge in [0.05, 0.1) is 16.7 Å². The first-order valence-electron chi connectivity index (χ1n) is 5.41. The van der Waals surface area contributed by atoms with Crippen LogP contribution in [0, 0.1) is 0 Å². The van der Waals surface area contributed by atoms with Crippen LogP contribution in [0.2, 0.25) is 5.02 Å². The summed E-state index contributed by atoms with van der Waals surface area (Å²) in [6, 6.07) is 12.4. The first-order valence-corrected chi connectivity index (χ1v) is 5.79. The van der Waals surface area contributed by atoms with Crippen molar-refractivity contribution in [2.75, 3.05) is 5.73 Å². The normalized spacial score (nSPS) is 10.9. The molecular formula is C13H10ClN3O. The van der Waals surface area contributed by atoms with Crippen LogP contribution in [-0.4, -0.2) is 9.55 Å². The highest BCUT2D eigenvalue weighted by atomic mass is 35.5. The fraction of sp³-hybridized carbons (Fsp3) is 0. The third-order valence-corrected chi connectivity index (χ3v) is 3.04. The van der Waals surface area contributed by atoms with Crippen molar-refractivity contribution < 1.29 is 0 Å². The summed E-state index contributed by atoms with van der Waals surface area (Å²) >= 11 is 5.84. The van der Waals surface area contributed by atoms with Crippen molar-refractivity contribution in [3.63, 3.8) is 0 Å². The summed E-state index contributed by atoms with van der Waals surface area (Å²) in [6.45, 7) is 0. The first kappa shape index (κ1) is 10.9. The van der Waals surface area contributed by atoms with Crippen LogP contribution in [0.15, 0.2) is 47.3 Å². The van der Waals surface area contributed by atoms with Gasteiger partial charge in [-0.05, 0) is 42.5 Å². The lowest BCUT2D eigenvalue weighted by molar-refractivity contribution is 1.02. The number of aromatic nitrogens is 2.